The van der Waals surface area contributed by atoms with Crippen molar-refractivity contribution in [2.75, 3.05) is 17.2 Å². The highest BCUT2D eigenvalue weighted by atomic mass is 79.9. The van der Waals surface area contributed by atoms with Crippen molar-refractivity contribution in [3.05, 3.63) is 82.2 Å². The molecule has 0 bridgehead atoms. The number of halogens is 1. The quantitative estimate of drug-likeness (QED) is 0.509. The highest BCUT2D eigenvalue weighted by molar-refractivity contribution is 9.10. The number of carbonyl (C=O) groups excluding carboxylic acids is 2. The Morgan fingerprint density at radius 1 is 1.04 bits per heavy atom. The van der Waals surface area contributed by atoms with Crippen LogP contribution in [0.5, 0.6) is 0 Å². The van der Waals surface area contributed by atoms with Crippen LogP contribution in [0.2, 0.25) is 0 Å². The van der Waals surface area contributed by atoms with Crippen LogP contribution in [0, 0.1) is 6.92 Å². The Kier molecular flexibility index (Phi) is 6.49. The molecule has 0 fully saturated rings. The third kappa shape index (κ3) is 5.23. The second-order valence-electron chi connectivity index (χ2n) is 6.17. The van der Waals surface area contributed by atoms with Crippen molar-refractivity contribution in [2.24, 2.45) is 0 Å². The zero-order chi connectivity index (χ0) is 19.9. The predicted molar refractivity (Wildman–Crippen MR) is 112 cm³/mol. The molecule has 1 heterocycles. The van der Waals surface area contributed by atoms with E-state index in [1.54, 1.807) is 36.6 Å². The summed E-state index contributed by atoms with van der Waals surface area (Å²) in [6, 6.07) is 16.3. The minimum atomic E-state index is -0.247. The summed E-state index contributed by atoms with van der Waals surface area (Å²) in [4.78, 5) is 24.8. The summed E-state index contributed by atoms with van der Waals surface area (Å²) < 4.78 is 6.17. The number of amides is 2. The molecular formula is C21H20BrN3O3. The average Bonchev–Trinajstić information content (AvgIpc) is 3.20. The van der Waals surface area contributed by atoms with Crippen LogP contribution in [0.3, 0.4) is 0 Å². The summed E-state index contributed by atoms with van der Waals surface area (Å²) in [5, 5.41) is 8.70. The third-order valence-corrected chi connectivity index (χ3v) is 4.57. The van der Waals surface area contributed by atoms with Crippen molar-refractivity contribution in [3.63, 3.8) is 0 Å². The van der Waals surface area contributed by atoms with E-state index in [0.717, 1.165) is 15.7 Å². The van der Waals surface area contributed by atoms with Crippen molar-refractivity contribution in [2.45, 2.75) is 13.5 Å². The van der Waals surface area contributed by atoms with Gasteiger partial charge in [0.15, 0.2) is 0 Å². The first-order valence-corrected chi connectivity index (χ1v) is 9.51. The van der Waals surface area contributed by atoms with Gasteiger partial charge in [-0.2, -0.15) is 0 Å². The summed E-state index contributed by atoms with van der Waals surface area (Å²) in [6.45, 7) is 2.26. The number of carbonyl (C=O) groups is 2. The van der Waals surface area contributed by atoms with Crippen molar-refractivity contribution in [1.29, 1.82) is 0 Å². The number of aryl methyl sites for hydroxylation is 1. The smallest absolute Gasteiger partial charge is 0.253 e. The fraction of sp³-hybridized carbons (Fsp3) is 0.143. The molecule has 6 nitrogen and oxygen atoms in total. The van der Waals surface area contributed by atoms with Gasteiger partial charge in [0.2, 0.25) is 5.91 Å². The molecule has 2 aromatic carbocycles. The zero-order valence-corrected chi connectivity index (χ0v) is 16.9. The van der Waals surface area contributed by atoms with E-state index < -0.39 is 0 Å². The molecular weight excluding hydrogens is 422 g/mol. The van der Waals surface area contributed by atoms with Crippen LogP contribution in [0.4, 0.5) is 11.4 Å². The molecule has 3 N–H and O–H groups in total. The van der Waals surface area contributed by atoms with Crippen molar-refractivity contribution in [1.82, 2.24) is 5.32 Å². The first-order chi connectivity index (χ1) is 13.5. The fourth-order valence-corrected chi connectivity index (χ4v) is 3.12. The number of hydrogen-bond donors (Lipinski definition) is 3. The van der Waals surface area contributed by atoms with E-state index in [1.165, 1.54) is 0 Å². The second kappa shape index (κ2) is 9.23. The molecule has 144 valence electrons. The second-order valence-corrected chi connectivity index (χ2v) is 7.08. The summed E-state index contributed by atoms with van der Waals surface area (Å²) >= 11 is 3.40. The van der Waals surface area contributed by atoms with Gasteiger partial charge in [-0.25, -0.2) is 0 Å². The van der Waals surface area contributed by atoms with Gasteiger partial charge in [-0.15, -0.1) is 0 Å². The summed E-state index contributed by atoms with van der Waals surface area (Å²) in [5.41, 5.74) is 2.75. The molecule has 0 saturated carbocycles. The molecule has 0 radical (unpaired) electrons. The monoisotopic (exact) mass is 441 g/mol. The molecule has 1 aromatic heterocycles. The van der Waals surface area contributed by atoms with Crippen molar-refractivity contribution in [3.8, 4) is 0 Å². The molecule has 0 aliphatic carbocycles. The minimum Gasteiger partial charge on any atom is -0.467 e. The maximum Gasteiger partial charge on any atom is 0.253 e. The first kappa shape index (κ1) is 19.7. The Hall–Kier alpha value is -3.06. The van der Waals surface area contributed by atoms with Gasteiger partial charge >= 0.3 is 0 Å². The molecule has 3 aromatic rings. The van der Waals surface area contributed by atoms with Crippen LogP contribution in [0.15, 0.2) is 69.8 Å². The minimum absolute atomic E-state index is 0.0397. The maximum atomic E-state index is 12.5. The summed E-state index contributed by atoms with van der Waals surface area (Å²) in [6.07, 6.45) is 1.56. The van der Waals surface area contributed by atoms with E-state index in [2.05, 4.69) is 31.9 Å². The van der Waals surface area contributed by atoms with Crippen LogP contribution >= 0.6 is 15.9 Å². The Bertz CT molecular complexity index is 971. The average molecular weight is 442 g/mol. The van der Waals surface area contributed by atoms with E-state index in [4.69, 9.17) is 4.42 Å². The lowest BCUT2D eigenvalue weighted by atomic mass is 10.1. The largest absolute Gasteiger partial charge is 0.467 e. The van der Waals surface area contributed by atoms with E-state index in [9.17, 15) is 9.59 Å². The summed E-state index contributed by atoms with van der Waals surface area (Å²) in [5.74, 6) is 0.225. The molecule has 7 heteroatoms. The Morgan fingerprint density at radius 2 is 1.86 bits per heavy atom. The van der Waals surface area contributed by atoms with Gasteiger partial charge in [0.1, 0.15) is 5.76 Å². The normalized spacial score (nSPS) is 10.4. The molecule has 3 rings (SSSR count). The molecule has 0 atom stereocenters. The van der Waals surface area contributed by atoms with E-state index in [1.807, 2.05) is 31.2 Å². The molecule has 0 spiro atoms. The third-order valence-electron chi connectivity index (χ3n) is 4.08. The molecule has 0 aliphatic rings. The number of para-hydroxylation sites is 1. The Labute approximate surface area is 171 Å². The van der Waals surface area contributed by atoms with Crippen LogP contribution in [0.1, 0.15) is 21.7 Å². The maximum absolute atomic E-state index is 12.5. The van der Waals surface area contributed by atoms with Gasteiger partial charge in [-0.3, -0.25) is 9.59 Å². The lowest BCUT2D eigenvalue weighted by Crippen LogP contribution is -2.26. The van der Waals surface area contributed by atoms with Gasteiger partial charge in [-0.05, 0) is 55.0 Å². The van der Waals surface area contributed by atoms with Crippen molar-refractivity contribution >= 4 is 39.1 Å². The van der Waals surface area contributed by atoms with E-state index in [0.29, 0.717) is 23.6 Å². The molecule has 0 unspecified atom stereocenters. The number of rotatable bonds is 7. The topological polar surface area (TPSA) is 83.4 Å². The van der Waals surface area contributed by atoms with Gasteiger partial charge in [0.25, 0.3) is 5.91 Å². The van der Waals surface area contributed by atoms with E-state index in [-0.39, 0.29) is 18.4 Å². The number of nitrogens with one attached hydrogen (secondary N) is 3. The van der Waals surface area contributed by atoms with Crippen LogP contribution in [0.25, 0.3) is 0 Å². The number of anilines is 2. The number of benzene rings is 2. The highest BCUT2D eigenvalue weighted by Gasteiger charge is 2.12. The Morgan fingerprint density at radius 3 is 2.61 bits per heavy atom. The zero-order valence-electron chi connectivity index (χ0n) is 15.3. The molecule has 2 amide bonds. The molecule has 28 heavy (non-hydrogen) atoms. The van der Waals surface area contributed by atoms with Gasteiger partial charge in [0, 0.05) is 15.8 Å². The fourth-order valence-electron chi connectivity index (χ4n) is 2.65. The predicted octanol–water partition coefficient (Wildman–Crippen LogP) is 4.33. The van der Waals surface area contributed by atoms with Gasteiger partial charge in [0.05, 0.1) is 24.9 Å². The van der Waals surface area contributed by atoms with E-state index >= 15 is 0 Å². The van der Waals surface area contributed by atoms with Gasteiger partial charge < -0.3 is 20.4 Å². The van der Waals surface area contributed by atoms with Crippen LogP contribution in [-0.2, 0) is 11.3 Å². The lowest BCUT2D eigenvalue weighted by molar-refractivity contribution is -0.114. The summed E-state index contributed by atoms with van der Waals surface area (Å²) in [7, 11) is 0. The standard InChI is InChI=1S/C21H20BrN3O3/c1-14-11-15(22)8-9-18(14)25-20(26)13-23-19-7-3-2-6-17(19)21(27)24-12-16-5-4-10-28-16/h2-11,23H,12-13H2,1H3,(H,24,27)(H,25,26). The SMILES string of the molecule is Cc1cc(Br)ccc1NC(=O)CNc1ccccc1C(=O)NCc1ccco1. The molecule has 0 saturated heterocycles. The van der Waals surface area contributed by atoms with Gasteiger partial charge in [-0.1, -0.05) is 28.1 Å². The van der Waals surface area contributed by atoms with Crippen molar-refractivity contribution < 1.29 is 14.0 Å². The number of furan rings is 1. The highest BCUT2D eigenvalue weighted by Crippen LogP contribution is 2.20. The van der Waals surface area contributed by atoms with Crippen LogP contribution < -0.4 is 16.0 Å². The lowest BCUT2D eigenvalue weighted by Gasteiger charge is -2.13. The first-order valence-electron chi connectivity index (χ1n) is 8.72. The Balaban J connectivity index is 1.59. The molecule has 0 aliphatic heterocycles. The van der Waals surface area contributed by atoms with Crippen LogP contribution in [-0.4, -0.2) is 18.4 Å². The number of hydrogen-bond acceptors (Lipinski definition) is 4.